The molecule has 1 unspecified atom stereocenters. The van der Waals surface area contributed by atoms with Crippen molar-refractivity contribution >= 4 is 38.9 Å². The largest absolute Gasteiger partial charge is 0.271 e. The molecular weight excluding hydrogens is 320 g/mol. The lowest BCUT2D eigenvalue weighted by atomic mass is 10.0. The summed E-state index contributed by atoms with van der Waals surface area (Å²) in [6, 6.07) is 7.86. The number of thiophene rings is 1. The summed E-state index contributed by atoms with van der Waals surface area (Å²) in [5, 5.41) is 2.76. The predicted octanol–water partition coefficient (Wildman–Crippen LogP) is 4.03. The Morgan fingerprint density at radius 2 is 2.18 bits per heavy atom. The van der Waals surface area contributed by atoms with E-state index in [4.69, 9.17) is 17.4 Å². The van der Waals surface area contributed by atoms with Crippen LogP contribution in [0.2, 0.25) is 5.02 Å². The lowest BCUT2D eigenvalue weighted by molar-refractivity contribution is 0.636. The van der Waals surface area contributed by atoms with E-state index in [0.29, 0.717) is 5.02 Å². The number of hydrogen-bond donors (Lipinski definition) is 2. The Morgan fingerprint density at radius 3 is 2.71 bits per heavy atom. The quantitative estimate of drug-likeness (QED) is 0.658. The van der Waals surface area contributed by atoms with Crippen molar-refractivity contribution in [2.45, 2.75) is 13.0 Å². The van der Waals surface area contributed by atoms with Gasteiger partial charge in [-0.05, 0) is 47.7 Å². The average Bonchev–Trinajstić information content (AvgIpc) is 2.65. The van der Waals surface area contributed by atoms with Gasteiger partial charge in [0, 0.05) is 14.4 Å². The molecule has 17 heavy (non-hydrogen) atoms. The highest BCUT2D eigenvalue weighted by Crippen LogP contribution is 2.30. The van der Waals surface area contributed by atoms with Gasteiger partial charge in [0.25, 0.3) is 0 Å². The first-order valence-electron chi connectivity index (χ1n) is 5.08. The van der Waals surface area contributed by atoms with Crippen LogP contribution in [0.15, 0.2) is 34.1 Å². The Bertz CT molecular complexity index is 507. The van der Waals surface area contributed by atoms with E-state index in [-0.39, 0.29) is 6.04 Å². The van der Waals surface area contributed by atoms with Gasteiger partial charge in [0.05, 0.1) is 6.04 Å². The van der Waals surface area contributed by atoms with Crippen LogP contribution in [0.5, 0.6) is 0 Å². The Kier molecular flexibility index (Phi) is 4.22. The van der Waals surface area contributed by atoms with E-state index >= 15 is 0 Å². The minimum Gasteiger partial charge on any atom is -0.271 e. The SMILES string of the molecule is Cc1sccc1C(NN)c1cc(Cl)cc(Br)c1. The van der Waals surface area contributed by atoms with Crippen LogP contribution in [0.4, 0.5) is 0 Å². The van der Waals surface area contributed by atoms with Gasteiger partial charge < -0.3 is 0 Å². The zero-order chi connectivity index (χ0) is 12.4. The van der Waals surface area contributed by atoms with Gasteiger partial charge in [-0.25, -0.2) is 5.43 Å². The maximum atomic E-state index is 6.06. The fraction of sp³-hybridized carbons (Fsp3) is 0.167. The van der Waals surface area contributed by atoms with E-state index < -0.39 is 0 Å². The number of hydrazine groups is 1. The van der Waals surface area contributed by atoms with Crippen molar-refractivity contribution in [3.05, 3.63) is 55.1 Å². The van der Waals surface area contributed by atoms with Crippen molar-refractivity contribution in [3.8, 4) is 0 Å². The first-order chi connectivity index (χ1) is 8.11. The minimum absolute atomic E-state index is 0.0313. The molecule has 2 aromatic rings. The van der Waals surface area contributed by atoms with Gasteiger partial charge in [-0.1, -0.05) is 27.5 Å². The molecule has 0 aliphatic heterocycles. The maximum Gasteiger partial charge on any atom is 0.0721 e. The number of halogens is 2. The second-order valence-electron chi connectivity index (χ2n) is 3.73. The summed E-state index contributed by atoms with van der Waals surface area (Å²) >= 11 is 11.2. The summed E-state index contributed by atoms with van der Waals surface area (Å²) in [6.45, 7) is 2.09. The van der Waals surface area contributed by atoms with Gasteiger partial charge in [-0.2, -0.15) is 0 Å². The predicted molar refractivity (Wildman–Crippen MR) is 77.4 cm³/mol. The highest BCUT2D eigenvalue weighted by atomic mass is 79.9. The van der Waals surface area contributed by atoms with E-state index in [0.717, 1.165) is 10.0 Å². The summed E-state index contributed by atoms with van der Waals surface area (Å²) in [7, 11) is 0. The lowest BCUT2D eigenvalue weighted by Crippen LogP contribution is -2.29. The van der Waals surface area contributed by atoms with E-state index in [1.165, 1.54) is 10.4 Å². The number of rotatable bonds is 3. The molecule has 0 aliphatic rings. The number of hydrogen-bond acceptors (Lipinski definition) is 3. The molecule has 1 aromatic carbocycles. The first-order valence-corrected chi connectivity index (χ1v) is 7.13. The normalized spacial score (nSPS) is 12.7. The van der Waals surface area contributed by atoms with Crippen LogP contribution in [0.3, 0.4) is 0 Å². The fourth-order valence-corrected chi connectivity index (χ4v) is 3.43. The molecule has 90 valence electrons. The van der Waals surface area contributed by atoms with Crippen LogP contribution in [0, 0.1) is 6.92 Å². The second kappa shape index (κ2) is 5.50. The molecule has 1 aromatic heterocycles. The van der Waals surface area contributed by atoms with Crippen LogP contribution in [0.25, 0.3) is 0 Å². The smallest absolute Gasteiger partial charge is 0.0721 e. The summed E-state index contributed by atoms with van der Waals surface area (Å²) in [6.07, 6.45) is 0. The van der Waals surface area contributed by atoms with Gasteiger partial charge >= 0.3 is 0 Å². The molecular formula is C12H12BrClN2S. The van der Waals surface area contributed by atoms with Crippen molar-refractivity contribution in [1.82, 2.24) is 5.43 Å². The molecule has 0 aliphatic carbocycles. The topological polar surface area (TPSA) is 38.0 Å². The van der Waals surface area contributed by atoms with Gasteiger partial charge in [0.2, 0.25) is 0 Å². The molecule has 0 saturated heterocycles. The summed E-state index contributed by atoms with van der Waals surface area (Å²) in [5.74, 6) is 5.66. The molecule has 3 N–H and O–H groups in total. The molecule has 5 heteroatoms. The van der Waals surface area contributed by atoms with Gasteiger partial charge in [-0.3, -0.25) is 5.84 Å². The van der Waals surface area contributed by atoms with Gasteiger partial charge in [0.1, 0.15) is 0 Å². The standard InChI is InChI=1S/C12H12BrClN2S/c1-7-11(2-3-17-7)12(16-15)8-4-9(13)6-10(14)5-8/h2-6,12,16H,15H2,1H3. The lowest BCUT2D eigenvalue weighted by Gasteiger charge is -2.17. The maximum absolute atomic E-state index is 6.06. The monoisotopic (exact) mass is 330 g/mol. The van der Waals surface area contributed by atoms with Crippen LogP contribution >= 0.6 is 38.9 Å². The second-order valence-corrected chi connectivity index (χ2v) is 6.21. The zero-order valence-electron chi connectivity index (χ0n) is 9.21. The number of nitrogens with one attached hydrogen (secondary N) is 1. The van der Waals surface area contributed by atoms with Crippen LogP contribution in [0.1, 0.15) is 22.0 Å². The average molecular weight is 332 g/mol. The molecule has 1 atom stereocenters. The summed E-state index contributed by atoms with van der Waals surface area (Å²) in [4.78, 5) is 1.25. The highest BCUT2D eigenvalue weighted by molar-refractivity contribution is 9.10. The Labute approximate surface area is 118 Å². The fourth-order valence-electron chi connectivity index (χ4n) is 1.80. The molecule has 0 saturated carbocycles. The van der Waals surface area contributed by atoms with Crippen LogP contribution < -0.4 is 11.3 Å². The Hall–Kier alpha value is -0.390. The van der Waals surface area contributed by atoms with Crippen molar-refractivity contribution in [2.75, 3.05) is 0 Å². The highest BCUT2D eigenvalue weighted by Gasteiger charge is 2.16. The van der Waals surface area contributed by atoms with E-state index in [9.17, 15) is 0 Å². The van der Waals surface area contributed by atoms with Gasteiger partial charge in [0.15, 0.2) is 0 Å². The number of benzene rings is 1. The van der Waals surface area contributed by atoms with E-state index in [1.54, 1.807) is 11.3 Å². The molecule has 2 rings (SSSR count). The van der Waals surface area contributed by atoms with Crippen LogP contribution in [-0.2, 0) is 0 Å². The zero-order valence-corrected chi connectivity index (χ0v) is 12.4. The first kappa shape index (κ1) is 13.1. The molecule has 0 spiro atoms. The molecule has 0 amide bonds. The van der Waals surface area contributed by atoms with Crippen molar-refractivity contribution in [1.29, 1.82) is 0 Å². The third-order valence-electron chi connectivity index (χ3n) is 2.59. The summed E-state index contributed by atoms with van der Waals surface area (Å²) < 4.78 is 0.952. The third-order valence-corrected chi connectivity index (χ3v) is 4.13. The van der Waals surface area contributed by atoms with E-state index in [2.05, 4.69) is 39.7 Å². The Balaban J connectivity index is 2.45. The third kappa shape index (κ3) is 2.89. The van der Waals surface area contributed by atoms with Crippen molar-refractivity contribution in [2.24, 2.45) is 5.84 Å². The molecule has 0 radical (unpaired) electrons. The Morgan fingerprint density at radius 1 is 1.41 bits per heavy atom. The molecule has 0 fully saturated rings. The van der Waals surface area contributed by atoms with Gasteiger partial charge in [-0.15, -0.1) is 11.3 Å². The minimum atomic E-state index is -0.0313. The number of aryl methyl sites for hydroxylation is 1. The molecule has 1 heterocycles. The number of nitrogens with two attached hydrogens (primary N) is 1. The summed E-state index contributed by atoms with van der Waals surface area (Å²) in [5.41, 5.74) is 5.08. The molecule has 0 bridgehead atoms. The molecule has 2 nitrogen and oxygen atoms in total. The van der Waals surface area contributed by atoms with E-state index in [1.807, 2.05) is 18.2 Å². The van der Waals surface area contributed by atoms with Crippen LogP contribution in [-0.4, -0.2) is 0 Å². The van der Waals surface area contributed by atoms with Crippen molar-refractivity contribution < 1.29 is 0 Å². The van der Waals surface area contributed by atoms with Crippen molar-refractivity contribution in [3.63, 3.8) is 0 Å².